The van der Waals surface area contributed by atoms with E-state index < -0.39 is 6.10 Å². The summed E-state index contributed by atoms with van der Waals surface area (Å²) in [6, 6.07) is 12.6. The number of para-hydroxylation sites is 2. The first-order valence-corrected chi connectivity index (χ1v) is 11.0. The molecule has 1 fully saturated rings. The van der Waals surface area contributed by atoms with Gasteiger partial charge in [-0.3, -0.25) is 4.79 Å². The Morgan fingerprint density at radius 2 is 1.80 bits per heavy atom. The number of phenolic OH excluding ortho intramolecular Hbond substituents is 1. The molecule has 1 saturated heterocycles. The zero-order valence-electron chi connectivity index (χ0n) is 15.9. The molecule has 0 saturated carbocycles. The van der Waals surface area contributed by atoms with E-state index in [1.807, 2.05) is 24.3 Å². The molecule has 1 aliphatic heterocycles. The number of likely N-dealkylation sites (tertiary alicyclic amines) is 1. The molecule has 156 valence electrons. The number of piperidine rings is 1. The summed E-state index contributed by atoms with van der Waals surface area (Å²) in [5.41, 5.74) is 1.35. The second-order valence-electron chi connectivity index (χ2n) is 6.94. The molecule has 1 unspecified atom stereocenters. The van der Waals surface area contributed by atoms with Crippen molar-refractivity contribution in [3.8, 4) is 5.75 Å². The fourth-order valence-corrected chi connectivity index (χ4v) is 4.15. The molecule has 2 heterocycles. The predicted octanol–water partition coefficient (Wildman–Crippen LogP) is 4.09. The smallest absolute Gasteiger partial charge is 0.257 e. The standard InChI is InChI=1S/C20H20BrN5O3S/c21-14-7-1-2-8-15(14)22-18-19(25-30-24-18)23-16-9-3-6-13(17(16)28)20(29)26-10-4-5-12(27)11-26/h1-3,6-9,12,27-28H,4-5,10-11H2,(H,22,24)(H,23,25). The lowest BCUT2D eigenvalue weighted by Gasteiger charge is -2.30. The number of hydrogen-bond donors (Lipinski definition) is 4. The molecule has 0 bridgehead atoms. The molecule has 8 nitrogen and oxygen atoms in total. The van der Waals surface area contributed by atoms with Crippen molar-refractivity contribution in [1.82, 2.24) is 13.6 Å². The van der Waals surface area contributed by atoms with Gasteiger partial charge < -0.3 is 25.7 Å². The highest BCUT2D eigenvalue weighted by Gasteiger charge is 2.26. The van der Waals surface area contributed by atoms with Crippen LogP contribution in [-0.2, 0) is 0 Å². The number of benzene rings is 2. The van der Waals surface area contributed by atoms with E-state index in [0.29, 0.717) is 30.3 Å². The van der Waals surface area contributed by atoms with Crippen LogP contribution < -0.4 is 10.6 Å². The Balaban J connectivity index is 1.55. The van der Waals surface area contributed by atoms with E-state index in [1.54, 1.807) is 23.1 Å². The molecule has 3 aromatic rings. The summed E-state index contributed by atoms with van der Waals surface area (Å²) in [6.07, 6.45) is 0.889. The van der Waals surface area contributed by atoms with Gasteiger partial charge in [0.25, 0.3) is 5.91 Å². The van der Waals surface area contributed by atoms with Crippen LogP contribution >= 0.6 is 27.7 Å². The molecule has 4 N–H and O–H groups in total. The van der Waals surface area contributed by atoms with Crippen LogP contribution in [-0.4, -0.2) is 49.0 Å². The van der Waals surface area contributed by atoms with Crippen molar-refractivity contribution in [3.05, 3.63) is 52.5 Å². The second-order valence-corrected chi connectivity index (χ2v) is 8.32. The topological polar surface area (TPSA) is 111 Å². The molecular weight excluding hydrogens is 470 g/mol. The number of β-amino-alcohol motifs (C(OH)–C–C–N with tert-alkyl or cyclic N) is 1. The van der Waals surface area contributed by atoms with Crippen LogP contribution in [0.15, 0.2) is 46.9 Å². The molecule has 1 aromatic heterocycles. The van der Waals surface area contributed by atoms with Gasteiger partial charge in [-0.05, 0) is 53.0 Å². The first kappa shape index (κ1) is 20.6. The first-order chi connectivity index (χ1) is 14.5. The normalized spacial score (nSPS) is 16.3. The van der Waals surface area contributed by atoms with Crippen LogP contribution in [0.1, 0.15) is 23.2 Å². The minimum Gasteiger partial charge on any atom is -0.505 e. The average Bonchev–Trinajstić information content (AvgIpc) is 3.17. The second kappa shape index (κ2) is 8.99. The van der Waals surface area contributed by atoms with Crippen molar-refractivity contribution in [2.24, 2.45) is 0 Å². The highest BCUT2D eigenvalue weighted by atomic mass is 79.9. The maximum Gasteiger partial charge on any atom is 0.257 e. The van der Waals surface area contributed by atoms with Crippen LogP contribution in [0.25, 0.3) is 0 Å². The number of anilines is 4. The number of aromatic hydroxyl groups is 1. The Hall–Kier alpha value is -2.69. The molecule has 1 amide bonds. The van der Waals surface area contributed by atoms with Crippen molar-refractivity contribution in [1.29, 1.82) is 0 Å². The van der Waals surface area contributed by atoms with Crippen molar-refractivity contribution >= 4 is 56.6 Å². The Kier molecular flexibility index (Phi) is 6.16. The van der Waals surface area contributed by atoms with Crippen LogP contribution in [0.3, 0.4) is 0 Å². The van der Waals surface area contributed by atoms with E-state index in [1.165, 1.54) is 0 Å². The highest BCUT2D eigenvalue weighted by molar-refractivity contribution is 9.10. The Labute approximate surface area is 186 Å². The molecule has 1 aliphatic rings. The van der Waals surface area contributed by atoms with Gasteiger partial charge in [0.05, 0.1) is 34.8 Å². The molecule has 2 aromatic carbocycles. The predicted molar refractivity (Wildman–Crippen MR) is 120 cm³/mol. The minimum atomic E-state index is -0.529. The number of nitrogens with one attached hydrogen (secondary N) is 2. The number of carbonyl (C=O) groups excluding carboxylic acids is 1. The van der Waals surface area contributed by atoms with Crippen molar-refractivity contribution in [3.63, 3.8) is 0 Å². The Morgan fingerprint density at radius 1 is 1.10 bits per heavy atom. The third-order valence-corrected chi connectivity index (χ3v) is 6.04. The summed E-state index contributed by atoms with van der Waals surface area (Å²) in [4.78, 5) is 14.4. The number of phenols is 1. The summed E-state index contributed by atoms with van der Waals surface area (Å²) in [5, 5.41) is 26.8. The number of aliphatic hydroxyl groups is 1. The number of hydrogen-bond acceptors (Lipinski definition) is 8. The number of amides is 1. The Morgan fingerprint density at radius 3 is 2.53 bits per heavy atom. The molecule has 10 heteroatoms. The zero-order chi connectivity index (χ0) is 21.1. The number of carbonyl (C=O) groups is 1. The zero-order valence-corrected chi connectivity index (χ0v) is 18.3. The van der Waals surface area contributed by atoms with Gasteiger partial charge >= 0.3 is 0 Å². The monoisotopic (exact) mass is 489 g/mol. The summed E-state index contributed by atoms with van der Waals surface area (Å²) < 4.78 is 9.40. The molecule has 0 aliphatic carbocycles. The lowest BCUT2D eigenvalue weighted by Crippen LogP contribution is -2.42. The third-order valence-electron chi connectivity index (χ3n) is 4.82. The van der Waals surface area contributed by atoms with Crippen LogP contribution in [0.4, 0.5) is 23.0 Å². The quantitative estimate of drug-likeness (QED) is 0.399. The van der Waals surface area contributed by atoms with Gasteiger partial charge in [0, 0.05) is 17.6 Å². The number of aromatic nitrogens is 2. The Bertz CT molecular complexity index is 1060. The van der Waals surface area contributed by atoms with Gasteiger partial charge in [0.15, 0.2) is 17.4 Å². The minimum absolute atomic E-state index is 0.164. The van der Waals surface area contributed by atoms with E-state index >= 15 is 0 Å². The van der Waals surface area contributed by atoms with E-state index in [4.69, 9.17) is 0 Å². The van der Waals surface area contributed by atoms with Crippen LogP contribution in [0.2, 0.25) is 0 Å². The summed E-state index contributed by atoms with van der Waals surface area (Å²) in [5.74, 6) is 0.464. The average molecular weight is 490 g/mol. The molecule has 0 radical (unpaired) electrons. The molecule has 30 heavy (non-hydrogen) atoms. The fraction of sp³-hybridized carbons (Fsp3) is 0.250. The van der Waals surface area contributed by atoms with Crippen LogP contribution in [0, 0.1) is 0 Å². The van der Waals surface area contributed by atoms with Crippen LogP contribution in [0.5, 0.6) is 5.75 Å². The number of halogens is 1. The van der Waals surface area contributed by atoms with Crippen molar-refractivity contribution in [2.75, 3.05) is 23.7 Å². The SMILES string of the molecule is O=C(c1cccc(Nc2nsnc2Nc2ccccc2Br)c1O)N1CCCC(O)C1. The number of rotatable bonds is 5. The number of aliphatic hydroxyl groups excluding tert-OH is 1. The fourth-order valence-electron chi connectivity index (χ4n) is 3.30. The van der Waals surface area contributed by atoms with E-state index in [-0.39, 0.29) is 23.8 Å². The number of nitrogens with zero attached hydrogens (tertiary/aromatic N) is 3. The van der Waals surface area contributed by atoms with Crippen molar-refractivity contribution in [2.45, 2.75) is 18.9 Å². The van der Waals surface area contributed by atoms with E-state index in [9.17, 15) is 15.0 Å². The maximum absolute atomic E-state index is 12.8. The highest BCUT2D eigenvalue weighted by Crippen LogP contribution is 2.35. The molecule has 0 spiro atoms. The summed E-state index contributed by atoms with van der Waals surface area (Å²) in [6.45, 7) is 0.828. The lowest BCUT2D eigenvalue weighted by molar-refractivity contribution is 0.0471. The van der Waals surface area contributed by atoms with E-state index in [0.717, 1.165) is 28.3 Å². The van der Waals surface area contributed by atoms with E-state index in [2.05, 4.69) is 35.3 Å². The first-order valence-electron chi connectivity index (χ1n) is 9.43. The van der Waals surface area contributed by atoms with Gasteiger partial charge in [-0.2, -0.15) is 8.75 Å². The van der Waals surface area contributed by atoms with Gasteiger partial charge in [-0.25, -0.2) is 0 Å². The molecule has 4 rings (SSSR count). The van der Waals surface area contributed by atoms with Gasteiger partial charge in [0.1, 0.15) is 0 Å². The third kappa shape index (κ3) is 4.40. The van der Waals surface area contributed by atoms with Crippen molar-refractivity contribution < 1.29 is 15.0 Å². The largest absolute Gasteiger partial charge is 0.505 e. The molecular formula is C20H20BrN5O3S. The summed E-state index contributed by atoms with van der Waals surface area (Å²) in [7, 11) is 0. The lowest BCUT2D eigenvalue weighted by atomic mass is 10.1. The van der Waals surface area contributed by atoms with Gasteiger partial charge in [0.2, 0.25) is 0 Å². The van der Waals surface area contributed by atoms with Gasteiger partial charge in [-0.1, -0.05) is 18.2 Å². The van der Waals surface area contributed by atoms with Gasteiger partial charge in [-0.15, -0.1) is 0 Å². The maximum atomic E-state index is 12.8. The molecule has 1 atom stereocenters. The summed E-state index contributed by atoms with van der Waals surface area (Å²) >= 11 is 4.51.